The molecular weight excluding hydrogens is 304 g/mol. The summed E-state index contributed by atoms with van der Waals surface area (Å²) in [6.07, 6.45) is 0. The van der Waals surface area contributed by atoms with E-state index >= 15 is 0 Å². The zero-order chi connectivity index (χ0) is 18.0. The van der Waals surface area contributed by atoms with Crippen LogP contribution in [-0.4, -0.2) is 28.2 Å². The number of hydrogen-bond donors (Lipinski definition) is 0. The minimum atomic E-state index is 1.22. The van der Waals surface area contributed by atoms with E-state index in [1.807, 2.05) is 0 Å². The highest BCUT2D eigenvalue weighted by atomic mass is 15.1. The molecule has 0 atom stereocenters. The van der Waals surface area contributed by atoms with Crippen LogP contribution < -0.4 is 9.80 Å². The summed E-state index contributed by atoms with van der Waals surface area (Å²) in [5.74, 6) is 0. The Kier molecular flexibility index (Phi) is 4.80. The summed E-state index contributed by atoms with van der Waals surface area (Å²) in [7, 11) is 8.28. The molecule has 0 fully saturated rings. The maximum absolute atomic E-state index is 2.22. The average Bonchev–Trinajstić information content (AvgIpc) is 2.61. The number of aryl methyl sites for hydroxylation is 1. The van der Waals surface area contributed by atoms with Gasteiger partial charge in [0.25, 0.3) is 0 Å². The minimum Gasteiger partial charge on any atom is -0.378 e. The van der Waals surface area contributed by atoms with E-state index in [2.05, 4.69) is 112 Å². The lowest BCUT2D eigenvalue weighted by atomic mass is 9.91. The molecule has 0 heterocycles. The molecule has 0 amide bonds. The maximum atomic E-state index is 2.22. The molecule has 3 rings (SSSR count). The molecule has 0 N–H and O–H groups in total. The lowest BCUT2D eigenvalue weighted by Gasteiger charge is -2.17. The van der Waals surface area contributed by atoms with Crippen LogP contribution in [0.2, 0.25) is 0 Å². The standard InChI is InChI=1S/C23H26N2/c1-17-7-6-8-22(18-9-13-20(14-10-18)24(2)3)23(17)19-11-15-21(16-12-19)25(4)5/h6-16H,1-5H3. The first-order chi connectivity index (χ1) is 12.0. The molecule has 0 saturated carbocycles. The van der Waals surface area contributed by atoms with E-state index in [0.29, 0.717) is 0 Å². The summed E-state index contributed by atoms with van der Waals surface area (Å²) in [4.78, 5) is 4.25. The molecule has 128 valence electrons. The lowest BCUT2D eigenvalue weighted by molar-refractivity contribution is 1.13. The van der Waals surface area contributed by atoms with Gasteiger partial charge in [-0.1, -0.05) is 42.5 Å². The van der Waals surface area contributed by atoms with Crippen molar-refractivity contribution in [1.82, 2.24) is 0 Å². The van der Waals surface area contributed by atoms with Gasteiger partial charge in [-0.2, -0.15) is 0 Å². The summed E-state index contributed by atoms with van der Waals surface area (Å²) >= 11 is 0. The van der Waals surface area contributed by atoms with Gasteiger partial charge in [0.05, 0.1) is 0 Å². The quantitative estimate of drug-likeness (QED) is 0.626. The van der Waals surface area contributed by atoms with Gasteiger partial charge in [0.15, 0.2) is 0 Å². The van der Waals surface area contributed by atoms with Crippen molar-refractivity contribution in [3.05, 3.63) is 72.3 Å². The second kappa shape index (κ2) is 7.02. The van der Waals surface area contributed by atoms with Crippen LogP contribution in [0.5, 0.6) is 0 Å². The van der Waals surface area contributed by atoms with E-state index < -0.39 is 0 Å². The van der Waals surface area contributed by atoms with Gasteiger partial charge in [0, 0.05) is 39.6 Å². The molecule has 0 aromatic heterocycles. The van der Waals surface area contributed by atoms with Gasteiger partial charge >= 0.3 is 0 Å². The molecule has 0 saturated heterocycles. The predicted molar refractivity (Wildman–Crippen MR) is 111 cm³/mol. The first-order valence-corrected chi connectivity index (χ1v) is 8.62. The Morgan fingerprint density at radius 1 is 0.560 bits per heavy atom. The number of benzene rings is 3. The van der Waals surface area contributed by atoms with Crippen molar-refractivity contribution in [2.45, 2.75) is 6.92 Å². The summed E-state index contributed by atoms with van der Waals surface area (Å²) in [6.45, 7) is 2.19. The molecule has 0 unspecified atom stereocenters. The molecule has 0 spiro atoms. The first-order valence-electron chi connectivity index (χ1n) is 8.62. The summed E-state index contributed by atoms with van der Waals surface area (Å²) < 4.78 is 0. The third-order valence-electron chi connectivity index (χ3n) is 4.64. The van der Waals surface area contributed by atoms with Gasteiger partial charge < -0.3 is 9.80 Å². The number of anilines is 2. The van der Waals surface area contributed by atoms with Crippen molar-refractivity contribution in [3.8, 4) is 22.3 Å². The van der Waals surface area contributed by atoms with Crippen molar-refractivity contribution < 1.29 is 0 Å². The highest BCUT2D eigenvalue weighted by Crippen LogP contribution is 2.36. The summed E-state index contributed by atoms with van der Waals surface area (Å²) in [5.41, 5.74) is 8.83. The monoisotopic (exact) mass is 330 g/mol. The number of hydrogen-bond acceptors (Lipinski definition) is 2. The predicted octanol–water partition coefficient (Wildman–Crippen LogP) is 5.46. The Labute approximate surface area is 151 Å². The largest absolute Gasteiger partial charge is 0.378 e. The molecule has 0 bridgehead atoms. The van der Waals surface area contributed by atoms with Gasteiger partial charge in [-0.05, 0) is 59.0 Å². The molecule has 0 radical (unpaired) electrons. The van der Waals surface area contributed by atoms with Crippen LogP contribution in [0.25, 0.3) is 22.3 Å². The van der Waals surface area contributed by atoms with Crippen LogP contribution in [0.3, 0.4) is 0 Å². The van der Waals surface area contributed by atoms with Gasteiger partial charge in [0.1, 0.15) is 0 Å². The number of rotatable bonds is 4. The highest BCUT2D eigenvalue weighted by molar-refractivity contribution is 5.86. The van der Waals surface area contributed by atoms with E-state index in [1.165, 1.54) is 39.2 Å². The first kappa shape index (κ1) is 17.1. The summed E-state index contributed by atoms with van der Waals surface area (Å²) in [5, 5.41) is 0. The molecule has 2 heteroatoms. The van der Waals surface area contributed by atoms with Gasteiger partial charge in [0.2, 0.25) is 0 Å². The fourth-order valence-corrected chi connectivity index (χ4v) is 3.16. The molecule has 0 aliphatic rings. The fraction of sp³-hybridized carbons (Fsp3) is 0.217. The Hall–Kier alpha value is -2.74. The van der Waals surface area contributed by atoms with E-state index in [4.69, 9.17) is 0 Å². The van der Waals surface area contributed by atoms with Crippen molar-refractivity contribution >= 4 is 11.4 Å². The molecule has 3 aromatic rings. The topological polar surface area (TPSA) is 6.48 Å². The van der Waals surface area contributed by atoms with E-state index in [1.54, 1.807) is 0 Å². The zero-order valence-corrected chi connectivity index (χ0v) is 15.7. The van der Waals surface area contributed by atoms with Crippen molar-refractivity contribution in [2.75, 3.05) is 38.0 Å². The van der Waals surface area contributed by atoms with Gasteiger partial charge in [-0.15, -0.1) is 0 Å². The van der Waals surface area contributed by atoms with Crippen LogP contribution in [0.4, 0.5) is 11.4 Å². The van der Waals surface area contributed by atoms with Crippen LogP contribution in [0.15, 0.2) is 66.7 Å². The van der Waals surface area contributed by atoms with Gasteiger partial charge in [-0.25, -0.2) is 0 Å². The molecule has 25 heavy (non-hydrogen) atoms. The fourth-order valence-electron chi connectivity index (χ4n) is 3.16. The smallest absolute Gasteiger partial charge is 0.0361 e. The Bertz CT molecular complexity index is 844. The van der Waals surface area contributed by atoms with Crippen LogP contribution in [-0.2, 0) is 0 Å². The summed E-state index contributed by atoms with van der Waals surface area (Å²) in [6, 6.07) is 24.1. The van der Waals surface area contributed by atoms with Gasteiger partial charge in [-0.3, -0.25) is 0 Å². The zero-order valence-electron chi connectivity index (χ0n) is 15.7. The Balaban J connectivity index is 2.08. The van der Waals surface area contributed by atoms with Crippen LogP contribution >= 0.6 is 0 Å². The second-order valence-corrected chi connectivity index (χ2v) is 6.88. The lowest BCUT2D eigenvalue weighted by Crippen LogP contribution is -2.08. The van der Waals surface area contributed by atoms with Crippen LogP contribution in [0, 0.1) is 6.92 Å². The third-order valence-corrected chi connectivity index (χ3v) is 4.64. The average molecular weight is 330 g/mol. The molecule has 0 aliphatic carbocycles. The third kappa shape index (κ3) is 3.53. The maximum Gasteiger partial charge on any atom is 0.0361 e. The van der Waals surface area contributed by atoms with E-state index in [0.717, 1.165) is 0 Å². The minimum absolute atomic E-state index is 1.22. The van der Waals surface area contributed by atoms with E-state index in [-0.39, 0.29) is 0 Å². The molecule has 0 aliphatic heterocycles. The van der Waals surface area contributed by atoms with Crippen molar-refractivity contribution in [2.24, 2.45) is 0 Å². The highest BCUT2D eigenvalue weighted by Gasteiger charge is 2.11. The molecular formula is C23H26N2. The Morgan fingerprint density at radius 2 is 1.04 bits per heavy atom. The van der Waals surface area contributed by atoms with Crippen molar-refractivity contribution in [3.63, 3.8) is 0 Å². The van der Waals surface area contributed by atoms with E-state index in [9.17, 15) is 0 Å². The number of nitrogens with zero attached hydrogens (tertiary/aromatic N) is 2. The normalized spacial score (nSPS) is 10.6. The SMILES string of the molecule is Cc1cccc(-c2ccc(N(C)C)cc2)c1-c1ccc(N(C)C)cc1. The second-order valence-electron chi connectivity index (χ2n) is 6.88. The molecule has 2 nitrogen and oxygen atoms in total. The molecule has 3 aromatic carbocycles. The van der Waals surface area contributed by atoms with Crippen LogP contribution in [0.1, 0.15) is 5.56 Å². The van der Waals surface area contributed by atoms with Crippen molar-refractivity contribution in [1.29, 1.82) is 0 Å². The Morgan fingerprint density at radius 3 is 1.52 bits per heavy atom.